The molecule has 0 radical (unpaired) electrons. The van der Waals surface area contributed by atoms with Crippen LogP contribution in [0.4, 0.5) is 5.13 Å². The summed E-state index contributed by atoms with van der Waals surface area (Å²) >= 11 is 1.24. The van der Waals surface area contributed by atoms with Gasteiger partial charge >= 0.3 is 0 Å². The molecule has 2 amide bonds. The second-order valence-corrected chi connectivity index (χ2v) is 7.02. The standard InChI is InChI=1S/C19H16N6O2S/c20-16(26)7-15-11-28-19(23-15)24-18(27)14-6-13-9-22-25(17(13)21-8-14)10-12-4-2-1-3-5-12/h1-6,8-9,11H,7,10H2,(H2,20,26)(H,23,24,27). The summed E-state index contributed by atoms with van der Waals surface area (Å²) in [6, 6.07) is 11.7. The summed E-state index contributed by atoms with van der Waals surface area (Å²) in [5, 5.41) is 9.96. The number of amides is 2. The number of hydrogen-bond donors (Lipinski definition) is 2. The maximum atomic E-state index is 12.5. The molecule has 0 aliphatic rings. The van der Waals surface area contributed by atoms with Crippen LogP contribution < -0.4 is 11.1 Å². The predicted octanol–water partition coefficient (Wildman–Crippen LogP) is 2.22. The number of hydrogen-bond acceptors (Lipinski definition) is 6. The number of carbonyl (C=O) groups excluding carboxylic acids is 2. The highest BCUT2D eigenvalue weighted by Crippen LogP contribution is 2.19. The van der Waals surface area contributed by atoms with Crippen molar-refractivity contribution in [3.63, 3.8) is 0 Å². The fourth-order valence-electron chi connectivity index (χ4n) is 2.76. The number of rotatable bonds is 6. The van der Waals surface area contributed by atoms with Crippen LogP contribution in [-0.2, 0) is 17.8 Å². The number of nitrogens with one attached hydrogen (secondary N) is 1. The Morgan fingerprint density at radius 3 is 2.79 bits per heavy atom. The average molecular weight is 392 g/mol. The lowest BCUT2D eigenvalue weighted by Gasteiger charge is -2.04. The number of carbonyl (C=O) groups is 2. The molecule has 0 atom stereocenters. The number of thiazole rings is 1. The molecule has 0 aliphatic carbocycles. The van der Waals surface area contributed by atoms with Crippen molar-refractivity contribution in [2.75, 3.05) is 5.32 Å². The van der Waals surface area contributed by atoms with Gasteiger partial charge < -0.3 is 5.73 Å². The van der Waals surface area contributed by atoms with Crippen molar-refractivity contribution in [3.05, 3.63) is 71.0 Å². The first-order chi connectivity index (χ1) is 13.6. The second-order valence-electron chi connectivity index (χ2n) is 6.17. The van der Waals surface area contributed by atoms with Gasteiger partial charge in [0.15, 0.2) is 10.8 Å². The Balaban J connectivity index is 1.50. The third-order valence-electron chi connectivity index (χ3n) is 4.04. The number of nitrogens with two attached hydrogens (primary N) is 1. The number of primary amides is 1. The summed E-state index contributed by atoms with van der Waals surface area (Å²) < 4.78 is 1.79. The molecule has 0 bridgehead atoms. The molecule has 1 aromatic carbocycles. The van der Waals surface area contributed by atoms with E-state index in [1.165, 1.54) is 17.5 Å². The minimum absolute atomic E-state index is 0.0421. The molecule has 8 nitrogen and oxygen atoms in total. The minimum atomic E-state index is -0.467. The maximum Gasteiger partial charge on any atom is 0.259 e. The molecule has 0 aliphatic heterocycles. The molecule has 4 aromatic rings. The van der Waals surface area contributed by atoms with Gasteiger partial charge in [-0.05, 0) is 11.6 Å². The van der Waals surface area contributed by atoms with Crippen molar-refractivity contribution < 1.29 is 9.59 Å². The van der Waals surface area contributed by atoms with E-state index in [-0.39, 0.29) is 12.3 Å². The van der Waals surface area contributed by atoms with Crippen molar-refractivity contribution in [3.8, 4) is 0 Å². The first kappa shape index (κ1) is 17.8. The van der Waals surface area contributed by atoms with E-state index in [0.717, 1.165) is 10.9 Å². The molecule has 0 saturated carbocycles. The van der Waals surface area contributed by atoms with Gasteiger partial charge in [-0.3, -0.25) is 14.9 Å². The fourth-order valence-corrected chi connectivity index (χ4v) is 3.47. The summed E-state index contributed by atoms with van der Waals surface area (Å²) in [6.45, 7) is 0.602. The molecule has 28 heavy (non-hydrogen) atoms. The lowest BCUT2D eigenvalue weighted by Crippen LogP contribution is -2.14. The van der Waals surface area contributed by atoms with Crippen LogP contribution in [0.25, 0.3) is 11.0 Å². The predicted molar refractivity (Wildman–Crippen MR) is 106 cm³/mol. The summed E-state index contributed by atoms with van der Waals surface area (Å²) in [5.74, 6) is -0.796. The third-order valence-corrected chi connectivity index (χ3v) is 4.85. The summed E-state index contributed by atoms with van der Waals surface area (Å²) in [7, 11) is 0. The van der Waals surface area contributed by atoms with E-state index in [4.69, 9.17) is 5.73 Å². The van der Waals surface area contributed by atoms with Crippen molar-refractivity contribution in [2.24, 2.45) is 5.73 Å². The summed E-state index contributed by atoms with van der Waals surface area (Å²) in [4.78, 5) is 32.0. The van der Waals surface area contributed by atoms with E-state index in [1.807, 2.05) is 30.3 Å². The lowest BCUT2D eigenvalue weighted by atomic mass is 10.2. The molecule has 9 heteroatoms. The topological polar surface area (TPSA) is 116 Å². The van der Waals surface area contributed by atoms with Gasteiger partial charge in [0.1, 0.15) is 0 Å². The Labute approximate surface area is 164 Å². The van der Waals surface area contributed by atoms with Crippen LogP contribution in [0.5, 0.6) is 0 Å². The average Bonchev–Trinajstić information content (AvgIpc) is 3.28. The molecule has 4 rings (SSSR count). The number of benzene rings is 1. The zero-order chi connectivity index (χ0) is 19.5. The van der Waals surface area contributed by atoms with E-state index < -0.39 is 5.91 Å². The molecule has 140 valence electrons. The van der Waals surface area contributed by atoms with Crippen molar-refractivity contribution in [2.45, 2.75) is 13.0 Å². The third kappa shape index (κ3) is 3.89. The van der Waals surface area contributed by atoms with E-state index in [2.05, 4.69) is 20.4 Å². The smallest absolute Gasteiger partial charge is 0.259 e. The van der Waals surface area contributed by atoms with Crippen molar-refractivity contribution in [1.82, 2.24) is 19.7 Å². The Morgan fingerprint density at radius 2 is 2.00 bits per heavy atom. The van der Waals surface area contributed by atoms with Crippen LogP contribution in [0.1, 0.15) is 21.6 Å². The number of nitrogens with zero attached hydrogens (tertiary/aromatic N) is 4. The molecule has 3 N–H and O–H groups in total. The molecular weight excluding hydrogens is 376 g/mol. The molecule has 0 fully saturated rings. The van der Waals surface area contributed by atoms with Gasteiger partial charge in [-0.2, -0.15) is 5.10 Å². The Morgan fingerprint density at radius 1 is 1.18 bits per heavy atom. The van der Waals surface area contributed by atoms with E-state index in [0.29, 0.717) is 28.6 Å². The Hall–Kier alpha value is -3.59. The number of pyridine rings is 1. The SMILES string of the molecule is NC(=O)Cc1csc(NC(=O)c2cnc3c(cnn3Cc3ccccc3)c2)n1. The Kier molecular flexibility index (Phi) is 4.81. The molecule has 3 aromatic heterocycles. The van der Waals surface area contributed by atoms with Crippen molar-refractivity contribution in [1.29, 1.82) is 0 Å². The molecule has 3 heterocycles. The minimum Gasteiger partial charge on any atom is -0.369 e. The van der Waals surface area contributed by atoms with Gasteiger partial charge in [-0.15, -0.1) is 11.3 Å². The number of fused-ring (bicyclic) bond motifs is 1. The number of aromatic nitrogens is 4. The monoisotopic (exact) mass is 392 g/mol. The highest BCUT2D eigenvalue weighted by molar-refractivity contribution is 7.14. The molecular formula is C19H16N6O2S. The van der Waals surface area contributed by atoms with E-state index in [9.17, 15) is 9.59 Å². The van der Waals surface area contributed by atoms with Gasteiger partial charge in [0.2, 0.25) is 5.91 Å². The van der Waals surface area contributed by atoms with Crippen molar-refractivity contribution >= 4 is 39.3 Å². The van der Waals surface area contributed by atoms with Gasteiger partial charge in [0.25, 0.3) is 5.91 Å². The largest absolute Gasteiger partial charge is 0.369 e. The van der Waals surface area contributed by atoms with Crippen LogP contribution >= 0.6 is 11.3 Å². The van der Waals surface area contributed by atoms with Gasteiger partial charge in [0.05, 0.1) is 30.4 Å². The molecule has 0 unspecified atom stereocenters. The molecule has 0 saturated heterocycles. The quantitative estimate of drug-likeness (QED) is 0.522. The van der Waals surface area contributed by atoms with Crippen LogP contribution in [0.3, 0.4) is 0 Å². The first-order valence-corrected chi connectivity index (χ1v) is 9.36. The maximum absolute atomic E-state index is 12.5. The van der Waals surface area contributed by atoms with Gasteiger partial charge in [-0.25, -0.2) is 14.6 Å². The normalized spacial score (nSPS) is 10.9. The van der Waals surface area contributed by atoms with E-state index >= 15 is 0 Å². The second kappa shape index (κ2) is 7.57. The Bertz CT molecular complexity index is 1150. The highest BCUT2D eigenvalue weighted by Gasteiger charge is 2.13. The van der Waals surface area contributed by atoms with Crippen LogP contribution in [0.15, 0.2) is 54.2 Å². The summed E-state index contributed by atoms with van der Waals surface area (Å²) in [5.41, 5.74) is 7.91. The van der Waals surface area contributed by atoms with E-state index in [1.54, 1.807) is 22.3 Å². The van der Waals surface area contributed by atoms with Crippen LogP contribution in [0.2, 0.25) is 0 Å². The van der Waals surface area contributed by atoms with Crippen LogP contribution in [0, 0.1) is 0 Å². The number of anilines is 1. The fraction of sp³-hybridized carbons (Fsp3) is 0.105. The zero-order valence-electron chi connectivity index (χ0n) is 14.7. The van der Waals surface area contributed by atoms with Gasteiger partial charge in [-0.1, -0.05) is 30.3 Å². The van der Waals surface area contributed by atoms with Gasteiger partial charge in [0, 0.05) is 17.0 Å². The zero-order valence-corrected chi connectivity index (χ0v) is 15.5. The molecule has 0 spiro atoms. The lowest BCUT2D eigenvalue weighted by molar-refractivity contribution is -0.117. The summed E-state index contributed by atoms with van der Waals surface area (Å²) in [6.07, 6.45) is 3.25. The highest BCUT2D eigenvalue weighted by atomic mass is 32.1. The first-order valence-electron chi connectivity index (χ1n) is 8.48. The van der Waals surface area contributed by atoms with Crippen LogP contribution in [-0.4, -0.2) is 31.6 Å².